The molecule has 1 heterocycles. The number of likely N-dealkylation sites (tertiary alicyclic amines) is 1. The van der Waals surface area contributed by atoms with Gasteiger partial charge in [0.15, 0.2) is 0 Å². The van der Waals surface area contributed by atoms with E-state index in [9.17, 15) is 38.2 Å². The molecule has 1 aliphatic rings. The molecule has 204 valence electrons. The van der Waals surface area contributed by atoms with Gasteiger partial charge < -0.3 is 9.47 Å². The number of rotatable bonds is 9. The highest BCUT2D eigenvalue weighted by atomic mass is 32.2. The Balaban J connectivity index is 1.57. The number of nitro benzene ring substituents is 2. The lowest BCUT2D eigenvalue weighted by Crippen LogP contribution is -2.59. The molecule has 2 aromatic carbocycles. The number of non-ortho nitro benzene ring substituents is 2. The van der Waals surface area contributed by atoms with Crippen molar-refractivity contribution in [3.63, 3.8) is 0 Å². The summed E-state index contributed by atoms with van der Waals surface area (Å²) >= 11 is 4.34. The second-order valence-electron chi connectivity index (χ2n) is 8.43. The predicted molar refractivity (Wildman–Crippen MR) is 134 cm³/mol. The Morgan fingerprint density at radius 3 is 1.95 bits per heavy atom. The number of nitrogens with one attached hydrogen (secondary N) is 2. The number of carbonyl (C=O) groups is 2. The monoisotopic (exact) mass is 569 g/mol. The number of benzene rings is 2. The lowest BCUT2D eigenvalue weighted by Gasteiger charge is -2.34. The summed E-state index contributed by atoms with van der Waals surface area (Å²) < 4.78 is 39.3. The first-order valence-electron chi connectivity index (χ1n) is 10.9. The molecule has 0 bridgehead atoms. The van der Waals surface area contributed by atoms with E-state index in [1.54, 1.807) is 4.72 Å². The number of hydrogen-bond donors (Lipinski definition) is 3. The zero-order valence-electron chi connectivity index (χ0n) is 19.8. The summed E-state index contributed by atoms with van der Waals surface area (Å²) in [5, 5.41) is 21.1. The molecule has 2 amide bonds. The lowest BCUT2D eigenvalue weighted by atomic mass is 10.1. The predicted octanol–water partition coefficient (Wildman–Crippen LogP) is 2.62. The highest BCUT2D eigenvalue weighted by Crippen LogP contribution is 2.31. The molecule has 2 N–H and O–H groups in total. The molecule has 2 atom stereocenters. The van der Waals surface area contributed by atoms with Crippen LogP contribution in [0.2, 0.25) is 0 Å². The lowest BCUT2D eigenvalue weighted by molar-refractivity contribution is -0.385. The Bertz CT molecular complexity index is 1320. The molecular formula is C21H23N5O10S2. The fourth-order valence-electron chi connectivity index (χ4n) is 3.67. The van der Waals surface area contributed by atoms with Crippen molar-refractivity contribution < 1.29 is 37.3 Å². The van der Waals surface area contributed by atoms with Crippen LogP contribution in [0.3, 0.4) is 0 Å². The molecule has 0 unspecified atom stereocenters. The Labute approximate surface area is 222 Å². The molecule has 0 spiro atoms. The first-order valence-corrected chi connectivity index (χ1v) is 12.9. The Morgan fingerprint density at radius 1 is 1.00 bits per heavy atom. The van der Waals surface area contributed by atoms with Crippen molar-refractivity contribution in [2.24, 2.45) is 0 Å². The first-order chi connectivity index (χ1) is 17.8. The molecule has 38 heavy (non-hydrogen) atoms. The minimum atomic E-state index is -4.53. The smallest absolute Gasteiger partial charge is 0.422 e. The molecule has 1 fully saturated rings. The van der Waals surface area contributed by atoms with Crippen LogP contribution < -0.4 is 9.44 Å². The quantitative estimate of drug-likeness (QED) is 0.229. The van der Waals surface area contributed by atoms with Crippen LogP contribution in [0.1, 0.15) is 24.5 Å². The van der Waals surface area contributed by atoms with Gasteiger partial charge in [0.2, 0.25) is 0 Å². The highest BCUT2D eigenvalue weighted by Gasteiger charge is 2.47. The van der Waals surface area contributed by atoms with Gasteiger partial charge in [0.05, 0.1) is 9.85 Å². The van der Waals surface area contributed by atoms with Gasteiger partial charge in [0, 0.05) is 36.1 Å². The summed E-state index contributed by atoms with van der Waals surface area (Å²) in [6, 6.07) is 10.5. The summed E-state index contributed by atoms with van der Waals surface area (Å²) in [6.07, 6.45) is -2.10. The molecule has 1 saturated heterocycles. The molecule has 0 radical (unpaired) electrons. The Kier molecular flexibility index (Phi) is 8.74. The Hall–Kier alpha value is -3.96. The van der Waals surface area contributed by atoms with E-state index in [-0.39, 0.29) is 37.6 Å². The molecule has 3 rings (SSSR count). The highest BCUT2D eigenvalue weighted by molar-refractivity contribution is 7.88. The second kappa shape index (κ2) is 11.6. The molecule has 17 heteroatoms. The van der Waals surface area contributed by atoms with Crippen molar-refractivity contribution in [3.8, 4) is 0 Å². The number of amides is 2. The number of nitrogens with zero attached hydrogens (tertiary/aromatic N) is 3. The minimum absolute atomic E-state index is 0.0335. The molecule has 1 aliphatic heterocycles. The zero-order chi connectivity index (χ0) is 28.1. The van der Waals surface area contributed by atoms with E-state index in [2.05, 4.69) is 17.4 Å². The van der Waals surface area contributed by atoms with E-state index >= 15 is 0 Å². The summed E-state index contributed by atoms with van der Waals surface area (Å²) in [5.74, 6) is 0. The van der Waals surface area contributed by atoms with Crippen molar-refractivity contribution in [2.75, 3.05) is 6.54 Å². The molecular weight excluding hydrogens is 546 g/mol. The third-order valence-corrected chi connectivity index (χ3v) is 6.93. The van der Waals surface area contributed by atoms with Gasteiger partial charge in [-0.05, 0) is 48.7 Å². The number of carbonyl (C=O) groups excluding carboxylic acids is 2. The van der Waals surface area contributed by atoms with E-state index in [1.807, 2.05) is 0 Å². The van der Waals surface area contributed by atoms with E-state index in [0.717, 1.165) is 4.90 Å². The first kappa shape index (κ1) is 28.6. The zero-order valence-corrected chi connectivity index (χ0v) is 21.5. The van der Waals surface area contributed by atoms with Gasteiger partial charge in [-0.15, -0.1) is 0 Å². The second-order valence-corrected chi connectivity index (χ2v) is 10.6. The third kappa shape index (κ3) is 7.53. The van der Waals surface area contributed by atoms with Gasteiger partial charge in [-0.3, -0.25) is 25.1 Å². The van der Waals surface area contributed by atoms with Crippen LogP contribution >= 0.6 is 12.6 Å². The maximum atomic E-state index is 12.8. The van der Waals surface area contributed by atoms with Gasteiger partial charge in [0.1, 0.15) is 18.9 Å². The SMILES string of the molecule is C[C@]1(NS(=O)(=O)NC(=O)OCc2ccc([N+](=O)[O-])cc2)C[C@H](S)CN1C(=O)OCc1ccc([N+](=O)[O-])cc1. The molecule has 0 saturated carbocycles. The average molecular weight is 570 g/mol. The Morgan fingerprint density at radius 2 is 1.47 bits per heavy atom. The van der Waals surface area contributed by atoms with Gasteiger partial charge >= 0.3 is 22.4 Å². The summed E-state index contributed by atoms with van der Waals surface area (Å²) in [5.41, 5.74) is -0.931. The average Bonchev–Trinajstić information content (AvgIpc) is 3.14. The van der Waals surface area contributed by atoms with Crippen LogP contribution in [0.25, 0.3) is 0 Å². The maximum Gasteiger partial charge on any atom is 0.422 e. The molecule has 2 aromatic rings. The number of nitro groups is 2. The van der Waals surface area contributed by atoms with Crippen molar-refractivity contribution in [3.05, 3.63) is 79.9 Å². The van der Waals surface area contributed by atoms with Crippen LogP contribution in [0, 0.1) is 20.2 Å². The maximum absolute atomic E-state index is 12.8. The van der Waals surface area contributed by atoms with Gasteiger partial charge in [-0.2, -0.15) is 25.8 Å². The van der Waals surface area contributed by atoms with Crippen LogP contribution in [0.4, 0.5) is 21.0 Å². The number of hydrogen-bond acceptors (Lipinski definition) is 11. The summed E-state index contributed by atoms with van der Waals surface area (Å²) in [4.78, 5) is 46.2. The molecule has 0 aromatic heterocycles. The largest absolute Gasteiger partial charge is 0.445 e. The fourth-order valence-corrected chi connectivity index (χ4v) is 5.29. The van der Waals surface area contributed by atoms with Crippen molar-refractivity contribution >= 4 is 46.4 Å². The van der Waals surface area contributed by atoms with Gasteiger partial charge in [0.25, 0.3) is 11.4 Å². The fraction of sp³-hybridized carbons (Fsp3) is 0.333. The number of thiol groups is 1. The minimum Gasteiger partial charge on any atom is -0.445 e. The van der Waals surface area contributed by atoms with Crippen molar-refractivity contribution in [2.45, 2.75) is 37.5 Å². The summed E-state index contributed by atoms with van der Waals surface area (Å²) in [6.45, 7) is 0.876. The van der Waals surface area contributed by atoms with Crippen LogP contribution in [-0.4, -0.2) is 52.8 Å². The third-order valence-electron chi connectivity index (χ3n) is 5.44. The van der Waals surface area contributed by atoms with Crippen LogP contribution in [0.15, 0.2) is 48.5 Å². The van der Waals surface area contributed by atoms with E-state index in [1.165, 1.54) is 55.5 Å². The normalized spacial score (nSPS) is 19.0. The van der Waals surface area contributed by atoms with Crippen molar-refractivity contribution in [1.82, 2.24) is 14.3 Å². The van der Waals surface area contributed by atoms with Crippen LogP contribution in [-0.2, 0) is 32.9 Å². The molecule has 15 nitrogen and oxygen atoms in total. The van der Waals surface area contributed by atoms with Gasteiger partial charge in [-0.1, -0.05) is 0 Å². The van der Waals surface area contributed by atoms with Crippen LogP contribution in [0.5, 0.6) is 0 Å². The number of ether oxygens (including phenoxy) is 2. The van der Waals surface area contributed by atoms with E-state index < -0.39 is 43.2 Å². The standard InChI is InChI=1S/C21H23N5O10S2/c1-21(23-38(33,34)22-19(27)35-12-14-2-6-16(7-3-14)25(29)30)10-18(37)11-24(21)20(28)36-13-15-4-8-17(9-5-15)26(31)32/h2-9,18,23,37H,10-13H2,1H3,(H,22,27)/t18-,21+/m0/s1. The molecule has 0 aliphatic carbocycles. The van der Waals surface area contributed by atoms with Crippen molar-refractivity contribution in [1.29, 1.82) is 0 Å². The van der Waals surface area contributed by atoms with Gasteiger partial charge in [-0.25, -0.2) is 14.3 Å². The summed E-state index contributed by atoms with van der Waals surface area (Å²) in [7, 11) is -4.53. The van der Waals surface area contributed by atoms with E-state index in [4.69, 9.17) is 9.47 Å². The van der Waals surface area contributed by atoms with E-state index in [0.29, 0.717) is 11.1 Å². The topological polar surface area (TPSA) is 200 Å².